The smallest absolute Gasteiger partial charge is 0.223 e. The molecule has 4 rings (SSSR count). The number of piperidine rings is 1. The van der Waals surface area contributed by atoms with Crippen molar-refractivity contribution in [1.82, 2.24) is 10.2 Å². The highest BCUT2D eigenvalue weighted by Crippen LogP contribution is 2.40. The van der Waals surface area contributed by atoms with Gasteiger partial charge >= 0.3 is 0 Å². The van der Waals surface area contributed by atoms with Crippen LogP contribution in [-0.2, 0) is 16.0 Å². The largest absolute Gasteiger partial charge is 0.493 e. The van der Waals surface area contributed by atoms with E-state index in [1.807, 2.05) is 17.0 Å². The number of likely N-dealkylation sites (tertiary alicyclic amines) is 1. The van der Waals surface area contributed by atoms with Gasteiger partial charge in [-0.15, -0.1) is 0 Å². The quantitative estimate of drug-likeness (QED) is 0.845. The van der Waals surface area contributed by atoms with Crippen molar-refractivity contribution in [3.05, 3.63) is 29.3 Å². The molecule has 0 spiro atoms. The molecule has 2 N–H and O–H groups in total. The predicted molar refractivity (Wildman–Crippen MR) is 100 cm³/mol. The van der Waals surface area contributed by atoms with Crippen LogP contribution in [0.25, 0.3) is 0 Å². The maximum absolute atomic E-state index is 12.9. The Balaban J connectivity index is 1.45. The van der Waals surface area contributed by atoms with Gasteiger partial charge in [0.25, 0.3) is 0 Å². The monoisotopic (exact) mass is 372 g/mol. The Labute approximate surface area is 159 Å². The van der Waals surface area contributed by atoms with Gasteiger partial charge in [-0.1, -0.05) is 6.07 Å². The molecule has 1 aromatic rings. The Morgan fingerprint density at radius 2 is 2.00 bits per heavy atom. The molecule has 2 amide bonds. The van der Waals surface area contributed by atoms with Gasteiger partial charge in [0, 0.05) is 32.4 Å². The van der Waals surface area contributed by atoms with Gasteiger partial charge in [-0.05, 0) is 54.9 Å². The molecular formula is C21H28N2O4. The summed E-state index contributed by atoms with van der Waals surface area (Å²) in [5.74, 6) is 1.30. The van der Waals surface area contributed by atoms with Gasteiger partial charge in [0.15, 0.2) is 0 Å². The highest BCUT2D eigenvalue weighted by atomic mass is 16.5. The number of aliphatic hydroxyl groups is 1. The van der Waals surface area contributed by atoms with Crippen LogP contribution in [0.1, 0.15) is 49.8 Å². The summed E-state index contributed by atoms with van der Waals surface area (Å²) in [6.45, 7) is 3.59. The molecular weight excluding hydrogens is 344 g/mol. The molecule has 1 aromatic carbocycles. The zero-order valence-corrected chi connectivity index (χ0v) is 15.8. The van der Waals surface area contributed by atoms with E-state index in [0.29, 0.717) is 32.5 Å². The minimum atomic E-state index is -0.258. The van der Waals surface area contributed by atoms with Crippen LogP contribution in [0, 0.1) is 11.8 Å². The van der Waals surface area contributed by atoms with E-state index in [1.165, 1.54) is 5.56 Å². The number of carbonyl (C=O) groups is 2. The molecule has 0 aromatic heterocycles. The second-order valence-electron chi connectivity index (χ2n) is 8.12. The molecule has 0 unspecified atom stereocenters. The van der Waals surface area contributed by atoms with Crippen molar-refractivity contribution in [2.24, 2.45) is 11.8 Å². The number of carbonyl (C=O) groups excluding carboxylic acids is 2. The van der Waals surface area contributed by atoms with E-state index in [2.05, 4.69) is 11.4 Å². The summed E-state index contributed by atoms with van der Waals surface area (Å²) in [7, 11) is 0. The molecule has 0 radical (unpaired) electrons. The summed E-state index contributed by atoms with van der Waals surface area (Å²) >= 11 is 0. The van der Waals surface area contributed by atoms with Gasteiger partial charge in [-0.2, -0.15) is 0 Å². The van der Waals surface area contributed by atoms with E-state index in [0.717, 1.165) is 30.6 Å². The first kappa shape index (κ1) is 18.3. The topological polar surface area (TPSA) is 78.9 Å². The number of nitrogens with zero attached hydrogens (tertiary/aromatic N) is 1. The van der Waals surface area contributed by atoms with Gasteiger partial charge in [0.05, 0.1) is 18.8 Å². The van der Waals surface area contributed by atoms with Crippen LogP contribution >= 0.6 is 0 Å². The number of rotatable bonds is 4. The zero-order chi connectivity index (χ0) is 19.0. The van der Waals surface area contributed by atoms with Crippen LogP contribution in [0.4, 0.5) is 0 Å². The molecule has 2 heterocycles. The summed E-state index contributed by atoms with van der Waals surface area (Å²) in [4.78, 5) is 26.2. The average Bonchev–Trinajstić information content (AvgIpc) is 3.11. The van der Waals surface area contributed by atoms with E-state index >= 15 is 0 Å². The van der Waals surface area contributed by atoms with Crippen molar-refractivity contribution in [3.8, 4) is 5.75 Å². The molecule has 27 heavy (non-hydrogen) atoms. The lowest BCUT2D eigenvalue weighted by Gasteiger charge is -2.39. The number of benzene rings is 1. The number of hydrogen-bond donors (Lipinski definition) is 2. The SMILES string of the molecule is CC(=O)N1CCC(C(=O)N[C@@H](c2ccc3c(c2)CCO3)C2CC(O)C2)CC1. The molecule has 146 valence electrons. The van der Waals surface area contributed by atoms with E-state index in [-0.39, 0.29) is 35.8 Å². The fourth-order valence-corrected chi connectivity index (χ4v) is 4.50. The van der Waals surface area contributed by atoms with Crippen molar-refractivity contribution in [3.63, 3.8) is 0 Å². The van der Waals surface area contributed by atoms with Crippen LogP contribution in [0.5, 0.6) is 5.75 Å². The second kappa shape index (κ2) is 7.50. The molecule has 1 saturated heterocycles. The Bertz CT molecular complexity index is 721. The highest BCUT2D eigenvalue weighted by Gasteiger charge is 2.37. The average molecular weight is 372 g/mol. The standard InChI is InChI=1S/C21H28N2O4/c1-13(24)23-7-4-14(5-8-23)21(26)22-20(17-11-18(25)12-17)16-2-3-19-15(10-16)6-9-27-19/h2-3,10,14,17-18,20,25H,4-9,11-12H2,1H3,(H,22,26)/t17?,18?,20-/m0/s1. The van der Waals surface area contributed by atoms with E-state index in [4.69, 9.17) is 4.74 Å². The van der Waals surface area contributed by atoms with Crippen LogP contribution in [0.2, 0.25) is 0 Å². The van der Waals surface area contributed by atoms with Crippen LogP contribution in [0.15, 0.2) is 18.2 Å². The zero-order valence-electron chi connectivity index (χ0n) is 15.8. The van der Waals surface area contributed by atoms with Crippen LogP contribution in [0.3, 0.4) is 0 Å². The molecule has 1 aliphatic carbocycles. The third kappa shape index (κ3) is 3.81. The summed E-state index contributed by atoms with van der Waals surface area (Å²) < 4.78 is 5.60. The number of hydrogen-bond acceptors (Lipinski definition) is 4. The summed E-state index contributed by atoms with van der Waals surface area (Å²) in [6.07, 6.45) is 3.52. The van der Waals surface area contributed by atoms with Crippen molar-refractivity contribution in [2.75, 3.05) is 19.7 Å². The molecule has 6 heteroatoms. The normalized spacial score (nSPS) is 25.9. The lowest BCUT2D eigenvalue weighted by molar-refractivity contribution is -0.134. The molecule has 1 atom stereocenters. The maximum Gasteiger partial charge on any atom is 0.223 e. The Hall–Kier alpha value is -2.08. The van der Waals surface area contributed by atoms with Crippen molar-refractivity contribution < 1.29 is 19.4 Å². The number of nitrogens with one attached hydrogen (secondary N) is 1. The Morgan fingerprint density at radius 1 is 1.26 bits per heavy atom. The summed E-state index contributed by atoms with van der Waals surface area (Å²) in [6, 6.07) is 6.11. The molecule has 6 nitrogen and oxygen atoms in total. The fourth-order valence-electron chi connectivity index (χ4n) is 4.50. The van der Waals surface area contributed by atoms with E-state index < -0.39 is 0 Å². The van der Waals surface area contributed by atoms with Gasteiger partial charge in [0.1, 0.15) is 5.75 Å². The lowest BCUT2D eigenvalue weighted by Crippen LogP contribution is -2.46. The third-order valence-electron chi connectivity index (χ3n) is 6.30. The van der Waals surface area contributed by atoms with Crippen molar-refractivity contribution in [2.45, 2.75) is 51.2 Å². The van der Waals surface area contributed by atoms with Crippen LogP contribution in [-0.4, -0.2) is 47.6 Å². The Kier molecular flexibility index (Phi) is 5.08. The third-order valence-corrected chi connectivity index (χ3v) is 6.30. The van der Waals surface area contributed by atoms with Crippen molar-refractivity contribution >= 4 is 11.8 Å². The van der Waals surface area contributed by atoms with Gasteiger partial charge in [0.2, 0.25) is 11.8 Å². The molecule has 1 saturated carbocycles. The molecule has 2 aliphatic heterocycles. The number of fused-ring (bicyclic) bond motifs is 1. The fraction of sp³-hybridized carbons (Fsp3) is 0.619. The Morgan fingerprint density at radius 3 is 2.67 bits per heavy atom. The first-order valence-corrected chi connectivity index (χ1v) is 10.0. The minimum absolute atomic E-state index is 0.0501. The van der Waals surface area contributed by atoms with Gasteiger partial charge in [-0.3, -0.25) is 9.59 Å². The first-order valence-electron chi connectivity index (χ1n) is 10.0. The molecule has 0 bridgehead atoms. The second-order valence-corrected chi connectivity index (χ2v) is 8.12. The van der Waals surface area contributed by atoms with E-state index in [1.54, 1.807) is 6.92 Å². The first-order chi connectivity index (χ1) is 13.0. The highest BCUT2D eigenvalue weighted by molar-refractivity contribution is 5.80. The van der Waals surface area contributed by atoms with E-state index in [9.17, 15) is 14.7 Å². The van der Waals surface area contributed by atoms with Crippen LogP contribution < -0.4 is 10.1 Å². The van der Waals surface area contributed by atoms with Gasteiger partial charge in [-0.25, -0.2) is 0 Å². The number of amides is 2. The number of aliphatic hydroxyl groups excluding tert-OH is 1. The van der Waals surface area contributed by atoms with Gasteiger partial charge < -0.3 is 20.1 Å². The predicted octanol–water partition coefficient (Wildman–Crippen LogP) is 1.81. The molecule has 3 aliphatic rings. The minimum Gasteiger partial charge on any atom is -0.493 e. The summed E-state index contributed by atoms with van der Waals surface area (Å²) in [5, 5.41) is 13.0. The lowest BCUT2D eigenvalue weighted by atomic mass is 9.74. The summed E-state index contributed by atoms with van der Waals surface area (Å²) in [5.41, 5.74) is 2.30. The van der Waals surface area contributed by atoms with Crippen molar-refractivity contribution in [1.29, 1.82) is 0 Å². The maximum atomic E-state index is 12.9. The number of ether oxygens (including phenoxy) is 1. The molecule has 2 fully saturated rings.